The summed E-state index contributed by atoms with van der Waals surface area (Å²) >= 11 is 1.87. The highest BCUT2D eigenvalue weighted by Crippen LogP contribution is 2.14. The molecule has 102 valence electrons. The Hall–Kier alpha value is 0.220. The molecule has 1 heterocycles. The molecule has 0 aromatic heterocycles. The van der Waals surface area contributed by atoms with E-state index in [0.717, 1.165) is 12.8 Å². The number of nitrogens with zero attached hydrogens (tertiary/aromatic N) is 1. The predicted molar refractivity (Wildman–Crippen MR) is 75.0 cm³/mol. The van der Waals surface area contributed by atoms with Crippen LogP contribution in [0.25, 0.3) is 0 Å². The van der Waals surface area contributed by atoms with Crippen molar-refractivity contribution in [3.63, 3.8) is 0 Å². The predicted octanol–water partition coefficient (Wildman–Crippen LogP) is 1.14. The standard InChI is InChI=1S/C11H24N2O2S2/c1-10(6-9-16-2)12-11-4-7-13(8-5-11)17(3,14)15/h10-12H,4-9H2,1-3H3. The van der Waals surface area contributed by atoms with Crippen molar-refractivity contribution < 1.29 is 8.42 Å². The van der Waals surface area contributed by atoms with Crippen LogP contribution in [0.4, 0.5) is 0 Å². The lowest BCUT2D eigenvalue weighted by Gasteiger charge is -2.32. The molecule has 1 atom stereocenters. The molecule has 0 aromatic carbocycles. The SMILES string of the molecule is CSCCC(C)NC1CCN(S(C)(=O)=O)CC1. The number of rotatable bonds is 6. The van der Waals surface area contributed by atoms with Crippen LogP contribution in [0, 0.1) is 0 Å². The Morgan fingerprint density at radius 3 is 2.47 bits per heavy atom. The minimum Gasteiger partial charge on any atom is -0.311 e. The zero-order valence-electron chi connectivity index (χ0n) is 11.0. The highest BCUT2D eigenvalue weighted by Gasteiger charge is 2.25. The van der Waals surface area contributed by atoms with E-state index in [9.17, 15) is 8.42 Å². The summed E-state index contributed by atoms with van der Waals surface area (Å²) in [6.45, 7) is 3.52. The van der Waals surface area contributed by atoms with Gasteiger partial charge in [-0.2, -0.15) is 11.8 Å². The number of hydrogen-bond acceptors (Lipinski definition) is 4. The topological polar surface area (TPSA) is 49.4 Å². The molecule has 0 bridgehead atoms. The molecule has 1 unspecified atom stereocenters. The highest BCUT2D eigenvalue weighted by molar-refractivity contribution is 7.98. The minimum atomic E-state index is -2.99. The van der Waals surface area contributed by atoms with Crippen LogP contribution in [0.1, 0.15) is 26.2 Å². The van der Waals surface area contributed by atoms with Crippen LogP contribution in [-0.2, 0) is 10.0 Å². The van der Waals surface area contributed by atoms with E-state index < -0.39 is 10.0 Å². The summed E-state index contributed by atoms with van der Waals surface area (Å²) in [4.78, 5) is 0. The fourth-order valence-corrected chi connectivity index (χ4v) is 3.60. The maximum absolute atomic E-state index is 11.4. The molecule has 1 N–H and O–H groups in total. The van der Waals surface area contributed by atoms with Crippen LogP contribution in [0.3, 0.4) is 0 Å². The van der Waals surface area contributed by atoms with E-state index in [1.54, 1.807) is 4.31 Å². The Morgan fingerprint density at radius 1 is 1.41 bits per heavy atom. The minimum absolute atomic E-state index is 0.477. The van der Waals surface area contributed by atoms with Crippen molar-refractivity contribution in [1.29, 1.82) is 0 Å². The molecule has 17 heavy (non-hydrogen) atoms. The summed E-state index contributed by atoms with van der Waals surface area (Å²) < 4.78 is 24.3. The van der Waals surface area contributed by atoms with Crippen molar-refractivity contribution in [2.24, 2.45) is 0 Å². The molecule has 1 rings (SSSR count). The molecule has 6 heteroatoms. The number of nitrogens with one attached hydrogen (secondary N) is 1. The number of sulfonamides is 1. The molecule has 1 fully saturated rings. The molecular weight excluding hydrogens is 256 g/mol. The molecule has 0 radical (unpaired) electrons. The second-order valence-electron chi connectivity index (χ2n) is 4.79. The summed E-state index contributed by atoms with van der Waals surface area (Å²) in [5.41, 5.74) is 0. The van der Waals surface area contributed by atoms with Gasteiger partial charge in [-0.3, -0.25) is 0 Å². The van der Waals surface area contributed by atoms with E-state index in [-0.39, 0.29) is 0 Å². The first-order valence-electron chi connectivity index (χ1n) is 6.13. The van der Waals surface area contributed by atoms with Gasteiger partial charge in [0.25, 0.3) is 0 Å². The summed E-state index contributed by atoms with van der Waals surface area (Å²) in [5.74, 6) is 1.18. The van der Waals surface area contributed by atoms with Crippen molar-refractivity contribution in [3.8, 4) is 0 Å². The summed E-state index contributed by atoms with van der Waals surface area (Å²) in [6.07, 6.45) is 6.44. The highest BCUT2D eigenvalue weighted by atomic mass is 32.2. The van der Waals surface area contributed by atoms with E-state index in [1.165, 1.54) is 18.4 Å². The average molecular weight is 280 g/mol. The number of piperidine rings is 1. The number of thioether (sulfide) groups is 1. The lowest BCUT2D eigenvalue weighted by Crippen LogP contribution is -2.46. The number of hydrogen-bond donors (Lipinski definition) is 1. The Morgan fingerprint density at radius 2 is 2.00 bits per heavy atom. The first-order chi connectivity index (χ1) is 7.93. The van der Waals surface area contributed by atoms with Gasteiger partial charge in [0.2, 0.25) is 10.0 Å². The molecule has 1 saturated heterocycles. The molecule has 1 aliphatic heterocycles. The maximum atomic E-state index is 11.4. The lowest BCUT2D eigenvalue weighted by molar-refractivity contribution is 0.276. The van der Waals surface area contributed by atoms with Gasteiger partial charge in [0, 0.05) is 25.2 Å². The monoisotopic (exact) mass is 280 g/mol. The average Bonchev–Trinajstić information content (AvgIpc) is 2.26. The summed E-state index contributed by atoms with van der Waals surface area (Å²) in [5, 5.41) is 3.59. The van der Waals surface area contributed by atoms with Gasteiger partial charge in [0.15, 0.2) is 0 Å². The van der Waals surface area contributed by atoms with Crippen LogP contribution >= 0.6 is 11.8 Å². The Bertz CT molecular complexity index is 311. The van der Waals surface area contributed by atoms with E-state index in [2.05, 4.69) is 18.5 Å². The van der Waals surface area contributed by atoms with E-state index in [0.29, 0.717) is 25.2 Å². The first kappa shape index (κ1) is 15.3. The van der Waals surface area contributed by atoms with Crippen LogP contribution in [0.5, 0.6) is 0 Å². The lowest BCUT2D eigenvalue weighted by atomic mass is 10.1. The molecule has 0 aromatic rings. The molecule has 0 saturated carbocycles. The molecule has 0 spiro atoms. The van der Waals surface area contributed by atoms with Crippen LogP contribution in [0.15, 0.2) is 0 Å². The van der Waals surface area contributed by atoms with Gasteiger partial charge in [0.1, 0.15) is 0 Å². The van der Waals surface area contributed by atoms with Gasteiger partial charge in [-0.1, -0.05) is 0 Å². The fraction of sp³-hybridized carbons (Fsp3) is 1.00. The Labute approximate surface area is 110 Å². The molecule has 1 aliphatic rings. The smallest absolute Gasteiger partial charge is 0.211 e. The van der Waals surface area contributed by atoms with Crippen molar-refractivity contribution in [1.82, 2.24) is 9.62 Å². The first-order valence-corrected chi connectivity index (χ1v) is 9.38. The molecule has 0 aliphatic carbocycles. The molecular formula is C11H24N2O2S2. The van der Waals surface area contributed by atoms with Gasteiger partial charge in [0.05, 0.1) is 6.26 Å². The zero-order valence-corrected chi connectivity index (χ0v) is 12.6. The summed E-state index contributed by atoms with van der Waals surface area (Å²) in [7, 11) is -2.99. The maximum Gasteiger partial charge on any atom is 0.211 e. The normalized spacial score (nSPS) is 21.6. The van der Waals surface area contributed by atoms with Crippen LogP contribution in [0.2, 0.25) is 0 Å². The Balaban J connectivity index is 2.28. The quantitative estimate of drug-likeness (QED) is 0.793. The van der Waals surface area contributed by atoms with Crippen molar-refractivity contribution in [2.45, 2.75) is 38.3 Å². The van der Waals surface area contributed by atoms with Gasteiger partial charge in [-0.15, -0.1) is 0 Å². The van der Waals surface area contributed by atoms with E-state index in [1.807, 2.05) is 11.8 Å². The van der Waals surface area contributed by atoms with E-state index in [4.69, 9.17) is 0 Å². The zero-order chi connectivity index (χ0) is 12.9. The second kappa shape index (κ2) is 6.97. The second-order valence-corrected chi connectivity index (χ2v) is 7.75. The van der Waals surface area contributed by atoms with Gasteiger partial charge >= 0.3 is 0 Å². The third-order valence-electron chi connectivity index (χ3n) is 3.20. The largest absolute Gasteiger partial charge is 0.311 e. The fourth-order valence-electron chi connectivity index (χ4n) is 2.13. The van der Waals surface area contributed by atoms with Crippen LogP contribution in [-0.4, -0.2) is 56.2 Å². The van der Waals surface area contributed by atoms with Crippen molar-refractivity contribution in [2.75, 3.05) is 31.4 Å². The molecule has 0 amide bonds. The van der Waals surface area contributed by atoms with Crippen molar-refractivity contribution >= 4 is 21.8 Å². The third kappa shape index (κ3) is 5.59. The van der Waals surface area contributed by atoms with Crippen LogP contribution < -0.4 is 5.32 Å². The third-order valence-corrected chi connectivity index (χ3v) is 5.15. The Kier molecular flexibility index (Phi) is 6.26. The van der Waals surface area contributed by atoms with Gasteiger partial charge in [-0.05, 0) is 38.2 Å². The molecule has 4 nitrogen and oxygen atoms in total. The van der Waals surface area contributed by atoms with E-state index >= 15 is 0 Å². The van der Waals surface area contributed by atoms with Crippen molar-refractivity contribution in [3.05, 3.63) is 0 Å². The van der Waals surface area contributed by atoms with Gasteiger partial charge in [-0.25, -0.2) is 12.7 Å². The summed E-state index contributed by atoms with van der Waals surface area (Å²) in [6, 6.07) is 1.00. The van der Waals surface area contributed by atoms with Gasteiger partial charge < -0.3 is 5.32 Å².